The molecule has 1 aliphatic rings. The molecule has 0 saturated heterocycles. The van der Waals surface area contributed by atoms with Crippen LogP contribution in [0.1, 0.15) is 16.7 Å². The van der Waals surface area contributed by atoms with Crippen LogP contribution in [-0.4, -0.2) is 23.4 Å². The summed E-state index contributed by atoms with van der Waals surface area (Å²) in [5.41, 5.74) is -0.398. The highest BCUT2D eigenvalue weighted by molar-refractivity contribution is 6.31. The summed E-state index contributed by atoms with van der Waals surface area (Å²) < 4.78 is 57.6. The highest BCUT2D eigenvalue weighted by Crippen LogP contribution is 2.40. The molecule has 1 heterocycles. The van der Waals surface area contributed by atoms with Gasteiger partial charge in [-0.2, -0.15) is 13.2 Å². The Balaban J connectivity index is 2.11. The van der Waals surface area contributed by atoms with Crippen molar-refractivity contribution in [3.05, 3.63) is 69.5 Å². The third-order valence-corrected chi connectivity index (χ3v) is 3.86. The molecule has 27 heavy (non-hydrogen) atoms. The maximum absolute atomic E-state index is 13.2. The lowest BCUT2D eigenvalue weighted by Crippen LogP contribution is -2.40. The first kappa shape index (κ1) is 18.8. The zero-order chi connectivity index (χ0) is 19.8. The number of hydrogen-bond acceptors (Lipinski definition) is 2. The van der Waals surface area contributed by atoms with Gasteiger partial charge in [0, 0.05) is 16.1 Å². The van der Waals surface area contributed by atoms with Gasteiger partial charge in [0.25, 0.3) is 0 Å². The first-order valence-electron chi connectivity index (χ1n) is 7.44. The van der Waals surface area contributed by atoms with E-state index in [-0.39, 0.29) is 21.9 Å². The average Bonchev–Trinajstić information content (AvgIpc) is 2.58. The van der Waals surface area contributed by atoms with Gasteiger partial charge >= 0.3 is 12.1 Å². The molecule has 3 rings (SSSR count). The number of carboxylic acid groups (broad SMARTS) is 1. The molecule has 1 atom stereocenters. The van der Waals surface area contributed by atoms with E-state index in [2.05, 4.69) is 11.8 Å². The molecule has 0 radical (unpaired) electrons. The molecule has 0 amide bonds. The third kappa shape index (κ3) is 4.07. The van der Waals surface area contributed by atoms with Gasteiger partial charge in [0.1, 0.15) is 11.6 Å². The zero-order valence-electron chi connectivity index (χ0n) is 13.3. The van der Waals surface area contributed by atoms with Gasteiger partial charge in [-0.15, -0.1) is 0 Å². The summed E-state index contributed by atoms with van der Waals surface area (Å²) in [6.07, 6.45) is -6.69. The van der Waals surface area contributed by atoms with Crippen LogP contribution in [-0.2, 0) is 4.79 Å². The Kier molecular flexibility index (Phi) is 4.85. The number of fused-ring (bicyclic) bond motifs is 1. The minimum atomic E-state index is -4.93. The van der Waals surface area contributed by atoms with Crippen molar-refractivity contribution in [1.82, 2.24) is 0 Å². The summed E-state index contributed by atoms with van der Waals surface area (Å²) in [6.45, 7) is 0. The molecular formula is C19H9ClF4O3. The number of ether oxygens (including phenoxy) is 1. The molecule has 0 aromatic heterocycles. The Bertz CT molecular complexity index is 999. The van der Waals surface area contributed by atoms with Crippen LogP contribution in [0.15, 0.2) is 42.0 Å². The van der Waals surface area contributed by atoms with Crippen molar-refractivity contribution in [2.24, 2.45) is 0 Å². The minimum Gasteiger partial charge on any atom is -0.478 e. The molecule has 0 aliphatic carbocycles. The molecule has 2 aromatic rings. The molecule has 8 heteroatoms. The van der Waals surface area contributed by atoms with Crippen LogP contribution >= 0.6 is 11.6 Å². The van der Waals surface area contributed by atoms with Gasteiger partial charge in [-0.3, -0.25) is 0 Å². The minimum absolute atomic E-state index is 0.0526. The van der Waals surface area contributed by atoms with E-state index < -0.39 is 29.6 Å². The summed E-state index contributed by atoms with van der Waals surface area (Å²) in [7, 11) is 0. The number of aliphatic carboxylic acids is 1. The fraction of sp³-hybridized carbons (Fsp3) is 0.105. The number of hydrogen-bond donors (Lipinski definition) is 1. The standard InChI is InChI=1S/C19H9ClF4O3/c20-13-7-11(4-1-10-2-5-14(21)6-3-10)16-12(8-13)9-15(18(25)26)17(27-16)19(22,23)24/h2-3,5-9,17H,(H,25,26). The number of carboxylic acids is 1. The van der Waals surface area contributed by atoms with Crippen LogP contribution in [0.2, 0.25) is 5.02 Å². The van der Waals surface area contributed by atoms with Gasteiger partial charge in [-0.1, -0.05) is 23.4 Å². The lowest BCUT2D eigenvalue weighted by molar-refractivity contribution is -0.187. The first-order valence-corrected chi connectivity index (χ1v) is 7.82. The molecule has 1 N–H and O–H groups in total. The predicted molar refractivity (Wildman–Crippen MR) is 89.9 cm³/mol. The molecule has 2 aromatic carbocycles. The highest BCUT2D eigenvalue weighted by Gasteiger charge is 2.48. The van der Waals surface area contributed by atoms with Crippen LogP contribution in [0.25, 0.3) is 6.08 Å². The fourth-order valence-corrected chi connectivity index (χ4v) is 2.69. The first-order chi connectivity index (χ1) is 12.6. The fourth-order valence-electron chi connectivity index (χ4n) is 2.46. The van der Waals surface area contributed by atoms with Crippen molar-refractivity contribution < 1.29 is 32.2 Å². The van der Waals surface area contributed by atoms with Crippen LogP contribution in [0, 0.1) is 17.7 Å². The zero-order valence-corrected chi connectivity index (χ0v) is 14.0. The van der Waals surface area contributed by atoms with Crippen LogP contribution < -0.4 is 4.74 Å². The maximum atomic E-state index is 13.2. The Labute approximate surface area is 155 Å². The summed E-state index contributed by atoms with van der Waals surface area (Å²) in [6, 6.07) is 7.78. The van der Waals surface area contributed by atoms with Gasteiger partial charge in [0.15, 0.2) is 0 Å². The van der Waals surface area contributed by atoms with E-state index in [1.165, 1.54) is 36.4 Å². The topological polar surface area (TPSA) is 46.5 Å². The van der Waals surface area contributed by atoms with Gasteiger partial charge in [0.05, 0.1) is 11.1 Å². The predicted octanol–water partition coefficient (Wildman–Crippen LogP) is 4.67. The van der Waals surface area contributed by atoms with Crippen molar-refractivity contribution in [2.75, 3.05) is 0 Å². The quantitative estimate of drug-likeness (QED) is 0.563. The van der Waals surface area contributed by atoms with E-state index >= 15 is 0 Å². The molecule has 0 fully saturated rings. The number of alkyl halides is 3. The SMILES string of the molecule is O=C(O)C1=Cc2cc(Cl)cc(C#Cc3ccc(F)cc3)c2OC1C(F)(F)F. The molecule has 0 bridgehead atoms. The number of benzene rings is 2. The second-order valence-corrected chi connectivity index (χ2v) is 6.01. The second-order valence-electron chi connectivity index (χ2n) is 5.57. The van der Waals surface area contributed by atoms with E-state index in [1.54, 1.807) is 0 Å². The van der Waals surface area contributed by atoms with Crippen molar-refractivity contribution in [2.45, 2.75) is 12.3 Å². The van der Waals surface area contributed by atoms with Gasteiger partial charge in [-0.25, -0.2) is 9.18 Å². The number of halogens is 5. The van der Waals surface area contributed by atoms with Crippen LogP contribution in [0.5, 0.6) is 5.75 Å². The lowest BCUT2D eigenvalue weighted by Gasteiger charge is -2.27. The molecule has 0 saturated carbocycles. The monoisotopic (exact) mass is 396 g/mol. The molecular weight excluding hydrogens is 388 g/mol. The van der Waals surface area contributed by atoms with E-state index in [0.717, 1.165) is 6.08 Å². The Morgan fingerprint density at radius 2 is 1.81 bits per heavy atom. The molecule has 1 unspecified atom stereocenters. The van der Waals surface area contributed by atoms with E-state index in [4.69, 9.17) is 21.4 Å². The summed E-state index contributed by atoms with van der Waals surface area (Å²) >= 11 is 5.97. The largest absolute Gasteiger partial charge is 0.478 e. The van der Waals surface area contributed by atoms with Gasteiger partial charge in [-0.05, 0) is 42.5 Å². The highest BCUT2D eigenvalue weighted by atomic mass is 35.5. The van der Waals surface area contributed by atoms with Crippen molar-refractivity contribution in [1.29, 1.82) is 0 Å². The molecule has 0 spiro atoms. The van der Waals surface area contributed by atoms with E-state index in [9.17, 15) is 22.4 Å². The summed E-state index contributed by atoms with van der Waals surface area (Å²) in [5, 5.41) is 9.22. The molecule has 3 nitrogen and oxygen atoms in total. The van der Waals surface area contributed by atoms with Crippen LogP contribution in [0.4, 0.5) is 17.6 Å². The summed E-state index contributed by atoms with van der Waals surface area (Å²) in [4.78, 5) is 11.2. The number of carbonyl (C=O) groups is 1. The normalized spacial score (nSPS) is 15.7. The Morgan fingerprint density at radius 1 is 1.15 bits per heavy atom. The summed E-state index contributed by atoms with van der Waals surface area (Å²) in [5.74, 6) is 2.89. The van der Waals surface area contributed by atoms with E-state index in [1.807, 2.05) is 0 Å². The van der Waals surface area contributed by atoms with Gasteiger partial charge in [0.2, 0.25) is 6.10 Å². The number of rotatable bonds is 1. The van der Waals surface area contributed by atoms with Crippen molar-refractivity contribution in [3.8, 4) is 17.6 Å². The Hall–Kier alpha value is -2.98. The average molecular weight is 397 g/mol. The van der Waals surface area contributed by atoms with Crippen molar-refractivity contribution >= 4 is 23.6 Å². The maximum Gasteiger partial charge on any atom is 0.430 e. The Morgan fingerprint density at radius 3 is 2.41 bits per heavy atom. The van der Waals surface area contributed by atoms with E-state index in [0.29, 0.717) is 5.56 Å². The van der Waals surface area contributed by atoms with Crippen LogP contribution in [0.3, 0.4) is 0 Å². The third-order valence-electron chi connectivity index (χ3n) is 3.64. The molecule has 138 valence electrons. The van der Waals surface area contributed by atoms with Crippen molar-refractivity contribution in [3.63, 3.8) is 0 Å². The lowest BCUT2D eigenvalue weighted by atomic mass is 9.98. The molecule has 1 aliphatic heterocycles. The second kappa shape index (κ2) is 6.97. The smallest absolute Gasteiger partial charge is 0.430 e. The van der Waals surface area contributed by atoms with Gasteiger partial charge < -0.3 is 9.84 Å².